The Kier molecular flexibility index (Phi) is 5.07. The van der Waals surface area contributed by atoms with Crippen LogP contribution in [0.5, 0.6) is 0 Å². The van der Waals surface area contributed by atoms with Crippen molar-refractivity contribution in [1.29, 1.82) is 5.26 Å². The van der Waals surface area contributed by atoms with E-state index in [9.17, 15) is 13.7 Å². The molecule has 0 radical (unpaired) electrons. The lowest BCUT2D eigenvalue weighted by Crippen LogP contribution is -2.13. The summed E-state index contributed by atoms with van der Waals surface area (Å²) in [5.41, 5.74) is 1.48. The lowest BCUT2D eigenvalue weighted by molar-refractivity contribution is 0.507. The van der Waals surface area contributed by atoms with Gasteiger partial charge >= 0.3 is 0 Å². The van der Waals surface area contributed by atoms with Gasteiger partial charge in [-0.3, -0.25) is 4.72 Å². The molecule has 1 unspecified atom stereocenters. The van der Waals surface area contributed by atoms with Crippen molar-refractivity contribution in [2.24, 2.45) is 5.92 Å². The first-order chi connectivity index (χ1) is 11.3. The molecule has 1 aromatic carbocycles. The third-order valence-electron chi connectivity index (χ3n) is 4.03. The molecule has 1 aliphatic rings. The third kappa shape index (κ3) is 3.40. The van der Waals surface area contributed by atoms with E-state index in [0.29, 0.717) is 25.4 Å². The van der Waals surface area contributed by atoms with Gasteiger partial charge in [0, 0.05) is 13.8 Å². The van der Waals surface area contributed by atoms with Crippen molar-refractivity contribution in [1.82, 2.24) is 0 Å². The molecule has 1 heterocycles. The van der Waals surface area contributed by atoms with Gasteiger partial charge in [0.05, 0.1) is 5.56 Å². The molecule has 126 valence electrons. The average Bonchev–Trinajstić information content (AvgIpc) is 2.84. The second kappa shape index (κ2) is 6.79. The minimum atomic E-state index is -3.78. The van der Waals surface area contributed by atoms with Crippen LogP contribution in [0.25, 0.3) is 0 Å². The maximum absolute atomic E-state index is 12.8. The molecular weight excluding hydrogens is 476 g/mol. The highest BCUT2D eigenvalue weighted by Gasteiger charge is 2.27. The van der Waals surface area contributed by atoms with Crippen molar-refractivity contribution < 1.29 is 8.42 Å². The molecule has 1 atom stereocenters. The highest BCUT2D eigenvalue weighted by molar-refractivity contribution is 9.11. The zero-order chi connectivity index (χ0) is 17.5. The van der Waals surface area contributed by atoms with Crippen LogP contribution in [-0.2, 0) is 22.9 Å². The molecule has 2 aromatic rings. The zero-order valence-corrected chi connectivity index (χ0v) is 17.6. The number of fused-ring (bicyclic) bond motifs is 1. The number of sulfonamides is 1. The lowest BCUT2D eigenvalue weighted by atomic mass is 9.89. The molecule has 3 rings (SSSR count). The summed E-state index contributed by atoms with van der Waals surface area (Å²) < 4.78 is 29.3. The fourth-order valence-electron chi connectivity index (χ4n) is 2.80. The van der Waals surface area contributed by atoms with E-state index < -0.39 is 10.0 Å². The van der Waals surface area contributed by atoms with Crippen molar-refractivity contribution >= 4 is 58.2 Å². The lowest BCUT2D eigenvalue weighted by Gasteiger charge is -2.17. The highest BCUT2D eigenvalue weighted by atomic mass is 79.9. The van der Waals surface area contributed by atoms with E-state index >= 15 is 0 Å². The third-order valence-corrected chi connectivity index (χ3v) is 8.17. The molecule has 1 aromatic heterocycles. The molecule has 0 bridgehead atoms. The minimum absolute atomic E-state index is 0.139. The van der Waals surface area contributed by atoms with E-state index in [1.54, 1.807) is 12.1 Å². The number of nitrogens with one attached hydrogen (secondary N) is 1. The van der Waals surface area contributed by atoms with Crippen LogP contribution in [0.1, 0.15) is 29.3 Å². The monoisotopic (exact) mass is 488 g/mol. The molecule has 1 aliphatic carbocycles. The SMILES string of the molecule is CC1CCc2c(sc(NS(=O)(=O)c3cc(Br)ccc3Br)c2C#N)C1. The van der Waals surface area contributed by atoms with Gasteiger partial charge in [0.25, 0.3) is 10.0 Å². The molecule has 0 saturated heterocycles. The van der Waals surface area contributed by atoms with Crippen LogP contribution in [0, 0.1) is 17.2 Å². The Morgan fingerprint density at radius 3 is 2.83 bits per heavy atom. The van der Waals surface area contributed by atoms with Crippen LogP contribution in [0.3, 0.4) is 0 Å². The number of nitriles is 1. The summed E-state index contributed by atoms with van der Waals surface area (Å²) in [6.45, 7) is 2.18. The van der Waals surface area contributed by atoms with Crippen molar-refractivity contribution in [3.05, 3.63) is 43.1 Å². The second-order valence-corrected chi connectivity index (χ2v) is 10.4. The van der Waals surface area contributed by atoms with E-state index in [2.05, 4.69) is 49.6 Å². The van der Waals surface area contributed by atoms with E-state index in [0.717, 1.165) is 29.7 Å². The number of thiophene rings is 1. The maximum Gasteiger partial charge on any atom is 0.263 e. The molecule has 0 amide bonds. The number of hydrogen-bond acceptors (Lipinski definition) is 4. The largest absolute Gasteiger partial charge is 0.269 e. The van der Waals surface area contributed by atoms with Crippen LogP contribution < -0.4 is 4.72 Å². The Morgan fingerprint density at radius 2 is 2.12 bits per heavy atom. The van der Waals surface area contributed by atoms with E-state index in [1.807, 2.05) is 0 Å². The summed E-state index contributed by atoms with van der Waals surface area (Å²) in [6.07, 6.45) is 2.76. The minimum Gasteiger partial charge on any atom is -0.269 e. The predicted octanol–water partition coefficient (Wildman–Crippen LogP) is 5.07. The maximum atomic E-state index is 12.8. The summed E-state index contributed by atoms with van der Waals surface area (Å²) in [5.74, 6) is 0.561. The van der Waals surface area contributed by atoms with Gasteiger partial charge in [0.15, 0.2) is 0 Å². The Balaban J connectivity index is 2.02. The number of nitrogens with zero attached hydrogens (tertiary/aromatic N) is 1. The van der Waals surface area contributed by atoms with Crippen LogP contribution in [0.4, 0.5) is 5.00 Å². The normalized spacial score (nSPS) is 17.2. The van der Waals surface area contributed by atoms with Gasteiger partial charge in [0.2, 0.25) is 0 Å². The van der Waals surface area contributed by atoms with E-state index in [1.165, 1.54) is 17.4 Å². The summed E-state index contributed by atoms with van der Waals surface area (Å²) >= 11 is 7.95. The van der Waals surface area contributed by atoms with Crippen molar-refractivity contribution in [3.8, 4) is 6.07 Å². The van der Waals surface area contributed by atoms with Gasteiger partial charge in [0.1, 0.15) is 16.0 Å². The first-order valence-electron chi connectivity index (χ1n) is 7.34. The number of benzene rings is 1. The van der Waals surface area contributed by atoms with Gasteiger partial charge in [-0.1, -0.05) is 22.9 Å². The molecule has 8 heteroatoms. The second-order valence-electron chi connectivity index (χ2n) is 5.85. The number of rotatable bonds is 3. The van der Waals surface area contributed by atoms with Gasteiger partial charge in [-0.2, -0.15) is 5.26 Å². The van der Waals surface area contributed by atoms with Gasteiger partial charge < -0.3 is 0 Å². The Bertz CT molecular complexity index is 946. The first-order valence-corrected chi connectivity index (χ1v) is 11.2. The van der Waals surface area contributed by atoms with Crippen LogP contribution in [0.2, 0.25) is 0 Å². The molecule has 4 nitrogen and oxygen atoms in total. The molecular formula is C16H14Br2N2O2S2. The fourth-order valence-corrected chi connectivity index (χ4v) is 6.97. The standard InChI is InChI=1S/C16H14Br2N2O2S2/c1-9-2-4-11-12(8-19)16(23-14(11)6-9)20-24(21,22)15-7-10(17)3-5-13(15)18/h3,5,7,9,20H,2,4,6H2,1H3. The summed E-state index contributed by atoms with van der Waals surface area (Å²) in [7, 11) is -3.78. The van der Waals surface area contributed by atoms with Gasteiger partial charge in [-0.25, -0.2) is 8.42 Å². The van der Waals surface area contributed by atoms with Crippen LogP contribution in [-0.4, -0.2) is 8.42 Å². The fraction of sp³-hybridized carbons (Fsp3) is 0.312. The summed E-state index contributed by atoms with van der Waals surface area (Å²) in [6, 6.07) is 7.15. The van der Waals surface area contributed by atoms with Gasteiger partial charge in [-0.05, 0) is 64.9 Å². The van der Waals surface area contributed by atoms with E-state index in [-0.39, 0.29) is 4.90 Å². The number of halogens is 2. The number of hydrogen-bond donors (Lipinski definition) is 1. The first kappa shape index (κ1) is 17.9. The molecule has 1 N–H and O–H groups in total. The summed E-state index contributed by atoms with van der Waals surface area (Å²) in [4.78, 5) is 1.26. The van der Waals surface area contributed by atoms with E-state index in [4.69, 9.17) is 0 Å². The van der Waals surface area contributed by atoms with Crippen LogP contribution >= 0.6 is 43.2 Å². The Labute approximate surface area is 162 Å². The van der Waals surface area contributed by atoms with Crippen molar-refractivity contribution in [3.63, 3.8) is 0 Å². The topological polar surface area (TPSA) is 70.0 Å². The smallest absolute Gasteiger partial charge is 0.263 e. The van der Waals surface area contributed by atoms with Crippen LogP contribution in [0.15, 0.2) is 32.0 Å². The molecule has 0 saturated carbocycles. The molecule has 24 heavy (non-hydrogen) atoms. The number of anilines is 1. The van der Waals surface area contributed by atoms with Gasteiger partial charge in [-0.15, -0.1) is 11.3 Å². The molecule has 0 fully saturated rings. The van der Waals surface area contributed by atoms with Crippen molar-refractivity contribution in [2.45, 2.75) is 31.1 Å². The molecule has 0 aliphatic heterocycles. The average molecular weight is 490 g/mol. The highest BCUT2D eigenvalue weighted by Crippen LogP contribution is 2.40. The predicted molar refractivity (Wildman–Crippen MR) is 103 cm³/mol. The molecule has 0 spiro atoms. The van der Waals surface area contributed by atoms with Crippen molar-refractivity contribution in [2.75, 3.05) is 4.72 Å². The summed E-state index contributed by atoms with van der Waals surface area (Å²) in [5, 5.41) is 9.92. The quantitative estimate of drug-likeness (QED) is 0.654. The zero-order valence-electron chi connectivity index (χ0n) is 12.8. The Hall–Kier alpha value is -0.880. The Morgan fingerprint density at radius 1 is 1.38 bits per heavy atom.